The van der Waals surface area contributed by atoms with Gasteiger partial charge in [0.2, 0.25) is 0 Å². The molecule has 2 rings (SSSR count). The second-order valence-corrected chi connectivity index (χ2v) is 4.14. The van der Waals surface area contributed by atoms with E-state index in [2.05, 4.69) is 4.98 Å². The zero-order chi connectivity index (χ0) is 9.97. The summed E-state index contributed by atoms with van der Waals surface area (Å²) in [6.45, 7) is 0. The van der Waals surface area contributed by atoms with Gasteiger partial charge >= 0.3 is 0 Å². The molecule has 0 radical (unpaired) electrons. The summed E-state index contributed by atoms with van der Waals surface area (Å²) < 4.78 is 12.6. The van der Waals surface area contributed by atoms with Gasteiger partial charge < -0.3 is 0 Å². The van der Waals surface area contributed by atoms with Crippen LogP contribution in [0.25, 0.3) is 10.4 Å². The fourth-order valence-electron chi connectivity index (χ4n) is 1.12. The molecule has 0 N–H and O–H groups in total. The molecule has 0 aliphatic heterocycles. The van der Waals surface area contributed by atoms with Crippen LogP contribution in [-0.4, -0.2) is 4.98 Å². The van der Waals surface area contributed by atoms with Gasteiger partial charge in [0.15, 0.2) is 0 Å². The van der Waals surface area contributed by atoms with E-state index in [1.807, 2.05) is 0 Å². The second-order valence-electron chi connectivity index (χ2n) is 2.76. The van der Waals surface area contributed by atoms with Crippen LogP contribution in [-0.2, 0) is 5.88 Å². The Morgan fingerprint density at radius 1 is 1.29 bits per heavy atom. The van der Waals surface area contributed by atoms with E-state index in [1.54, 1.807) is 18.3 Å². The van der Waals surface area contributed by atoms with Gasteiger partial charge in [0.1, 0.15) is 10.8 Å². The van der Waals surface area contributed by atoms with Crippen LogP contribution in [0.3, 0.4) is 0 Å². The molecule has 0 unspecified atom stereocenters. The number of nitrogens with zero attached hydrogens (tertiary/aromatic N) is 1. The molecule has 0 saturated heterocycles. The van der Waals surface area contributed by atoms with Crippen LogP contribution in [0.1, 0.15) is 5.01 Å². The Balaban J connectivity index is 2.34. The summed E-state index contributed by atoms with van der Waals surface area (Å²) in [6.07, 6.45) is 1.76. The van der Waals surface area contributed by atoms with Gasteiger partial charge in [-0.1, -0.05) is 12.1 Å². The lowest BCUT2D eigenvalue weighted by atomic mass is 10.2. The molecule has 0 aliphatic carbocycles. The third-order valence-corrected chi connectivity index (χ3v) is 3.25. The predicted molar refractivity (Wildman–Crippen MR) is 57.1 cm³/mol. The molecular formula is C10H7ClFNS. The number of hydrogen-bond acceptors (Lipinski definition) is 2. The maximum Gasteiger partial charge on any atom is 0.123 e. The van der Waals surface area contributed by atoms with E-state index in [1.165, 1.54) is 23.5 Å². The number of halogens is 2. The first-order valence-corrected chi connectivity index (χ1v) is 5.41. The second kappa shape index (κ2) is 4.07. The van der Waals surface area contributed by atoms with Crippen LogP contribution in [0.15, 0.2) is 30.5 Å². The van der Waals surface area contributed by atoms with Crippen molar-refractivity contribution < 1.29 is 4.39 Å². The number of alkyl halides is 1. The largest absolute Gasteiger partial charge is 0.248 e. The molecule has 0 bridgehead atoms. The van der Waals surface area contributed by atoms with Crippen molar-refractivity contribution in [1.29, 1.82) is 0 Å². The predicted octanol–water partition coefficient (Wildman–Crippen LogP) is 3.69. The van der Waals surface area contributed by atoms with E-state index in [0.29, 0.717) is 5.88 Å². The smallest absolute Gasteiger partial charge is 0.123 e. The van der Waals surface area contributed by atoms with Crippen LogP contribution >= 0.6 is 22.9 Å². The topological polar surface area (TPSA) is 12.9 Å². The summed E-state index contributed by atoms with van der Waals surface area (Å²) in [6, 6.07) is 6.35. The lowest BCUT2D eigenvalue weighted by molar-refractivity contribution is 0.628. The average Bonchev–Trinajstić information content (AvgIpc) is 2.67. The highest BCUT2D eigenvalue weighted by molar-refractivity contribution is 7.15. The SMILES string of the molecule is Fc1ccc(-c2cnc(CCl)s2)cc1. The zero-order valence-corrected chi connectivity index (χ0v) is 8.78. The lowest BCUT2D eigenvalue weighted by Gasteiger charge is -1.94. The Hall–Kier alpha value is -0.930. The van der Waals surface area contributed by atoms with Crippen molar-refractivity contribution in [1.82, 2.24) is 4.98 Å². The molecule has 72 valence electrons. The molecule has 1 nitrogen and oxygen atoms in total. The van der Waals surface area contributed by atoms with Gasteiger partial charge in [0.05, 0.1) is 10.8 Å². The molecule has 0 fully saturated rings. The Bertz CT molecular complexity index is 424. The number of thiazole rings is 1. The normalized spacial score (nSPS) is 10.4. The standard InChI is InChI=1S/C10H7ClFNS/c11-5-10-13-6-9(14-10)7-1-3-8(12)4-2-7/h1-4,6H,5H2. The summed E-state index contributed by atoms with van der Waals surface area (Å²) in [5.74, 6) is 0.196. The lowest BCUT2D eigenvalue weighted by Crippen LogP contribution is -1.73. The summed E-state index contributed by atoms with van der Waals surface area (Å²) in [5, 5.41) is 0.881. The molecule has 0 aliphatic rings. The monoisotopic (exact) mass is 227 g/mol. The zero-order valence-electron chi connectivity index (χ0n) is 7.21. The molecule has 2 aromatic rings. The van der Waals surface area contributed by atoms with Crippen molar-refractivity contribution in [2.24, 2.45) is 0 Å². The van der Waals surface area contributed by atoms with Gasteiger partial charge in [0.25, 0.3) is 0 Å². The third kappa shape index (κ3) is 1.94. The van der Waals surface area contributed by atoms with Crippen molar-refractivity contribution in [3.05, 3.63) is 41.3 Å². The highest BCUT2D eigenvalue weighted by Crippen LogP contribution is 2.26. The minimum absolute atomic E-state index is 0.226. The van der Waals surface area contributed by atoms with Gasteiger partial charge in [-0.2, -0.15) is 0 Å². The van der Waals surface area contributed by atoms with E-state index in [0.717, 1.165) is 15.4 Å². The number of benzene rings is 1. The van der Waals surface area contributed by atoms with Crippen LogP contribution in [0.4, 0.5) is 4.39 Å². The molecule has 0 amide bonds. The number of hydrogen-bond donors (Lipinski definition) is 0. The highest BCUT2D eigenvalue weighted by Gasteiger charge is 2.03. The fourth-order valence-corrected chi connectivity index (χ4v) is 2.13. The molecule has 4 heteroatoms. The molecular weight excluding hydrogens is 221 g/mol. The first-order chi connectivity index (χ1) is 6.79. The third-order valence-electron chi connectivity index (χ3n) is 1.80. The maximum absolute atomic E-state index is 12.6. The molecule has 0 spiro atoms. The number of aromatic nitrogens is 1. The quantitative estimate of drug-likeness (QED) is 0.713. The van der Waals surface area contributed by atoms with Gasteiger partial charge in [-0.25, -0.2) is 9.37 Å². The van der Waals surface area contributed by atoms with E-state index in [9.17, 15) is 4.39 Å². The summed E-state index contributed by atoms with van der Waals surface area (Å²) in [4.78, 5) is 5.14. The van der Waals surface area contributed by atoms with Crippen LogP contribution in [0.2, 0.25) is 0 Å². The first kappa shape index (κ1) is 9.62. The van der Waals surface area contributed by atoms with Gasteiger partial charge in [-0.3, -0.25) is 0 Å². The van der Waals surface area contributed by atoms with E-state index in [4.69, 9.17) is 11.6 Å². The van der Waals surface area contributed by atoms with Gasteiger partial charge in [-0.15, -0.1) is 22.9 Å². The minimum atomic E-state index is -0.226. The van der Waals surface area contributed by atoms with Crippen molar-refractivity contribution in [2.45, 2.75) is 5.88 Å². The Morgan fingerprint density at radius 3 is 2.57 bits per heavy atom. The van der Waals surface area contributed by atoms with Gasteiger partial charge in [-0.05, 0) is 17.7 Å². The van der Waals surface area contributed by atoms with Crippen molar-refractivity contribution in [2.75, 3.05) is 0 Å². The summed E-state index contributed by atoms with van der Waals surface area (Å²) >= 11 is 7.17. The van der Waals surface area contributed by atoms with Crippen LogP contribution < -0.4 is 0 Å². The summed E-state index contributed by atoms with van der Waals surface area (Å²) in [5.41, 5.74) is 0.972. The van der Waals surface area contributed by atoms with Crippen LogP contribution in [0.5, 0.6) is 0 Å². The molecule has 1 aromatic heterocycles. The summed E-state index contributed by atoms with van der Waals surface area (Å²) in [7, 11) is 0. The Labute approximate surface area is 90.2 Å². The van der Waals surface area contributed by atoms with E-state index >= 15 is 0 Å². The van der Waals surface area contributed by atoms with Crippen molar-refractivity contribution in [3.63, 3.8) is 0 Å². The van der Waals surface area contributed by atoms with Crippen molar-refractivity contribution >= 4 is 22.9 Å². The Morgan fingerprint density at radius 2 is 2.00 bits per heavy atom. The maximum atomic E-state index is 12.6. The minimum Gasteiger partial charge on any atom is -0.248 e. The highest BCUT2D eigenvalue weighted by atomic mass is 35.5. The molecule has 0 atom stereocenters. The number of rotatable bonds is 2. The molecule has 0 saturated carbocycles. The van der Waals surface area contributed by atoms with Crippen molar-refractivity contribution in [3.8, 4) is 10.4 Å². The molecule has 1 aromatic carbocycles. The molecule has 14 heavy (non-hydrogen) atoms. The first-order valence-electron chi connectivity index (χ1n) is 4.06. The van der Waals surface area contributed by atoms with Gasteiger partial charge in [0, 0.05) is 6.20 Å². The van der Waals surface area contributed by atoms with E-state index < -0.39 is 0 Å². The Kier molecular flexibility index (Phi) is 2.79. The average molecular weight is 228 g/mol. The fraction of sp³-hybridized carbons (Fsp3) is 0.100. The van der Waals surface area contributed by atoms with E-state index in [-0.39, 0.29) is 5.82 Å². The van der Waals surface area contributed by atoms with Crippen LogP contribution in [0, 0.1) is 5.82 Å². The molecule has 1 heterocycles.